The largest absolute Gasteiger partial charge is 0.476 e. The summed E-state index contributed by atoms with van der Waals surface area (Å²) in [4.78, 5) is 37.5. The molecule has 0 radical (unpaired) electrons. The van der Waals surface area contributed by atoms with Crippen LogP contribution in [0.5, 0.6) is 0 Å². The molecule has 2 aliphatic rings. The molecule has 0 aromatic heterocycles. The van der Waals surface area contributed by atoms with Crippen LogP contribution in [-0.2, 0) is 14.3 Å². The van der Waals surface area contributed by atoms with E-state index in [2.05, 4.69) is 10.6 Å². The van der Waals surface area contributed by atoms with Crippen LogP contribution in [0.1, 0.15) is 48.5 Å². The molecule has 1 saturated heterocycles. The number of fused-ring (bicyclic) bond motifs is 1. The van der Waals surface area contributed by atoms with Crippen molar-refractivity contribution in [2.45, 2.75) is 66.2 Å². The molecule has 3 N–H and O–H groups in total. The molecule has 0 bridgehead atoms. The number of alkyl carbamates (subject to hydrolysis) is 1. The van der Waals surface area contributed by atoms with E-state index in [0.29, 0.717) is 10.7 Å². The molecule has 2 heterocycles. The Balaban J connectivity index is 2.40. The van der Waals surface area contributed by atoms with Gasteiger partial charge in [0.25, 0.3) is 5.91 Å². The summed E-state index contributed by atoms with van der Waals surface area (Å²) in [5.41, 5.74) is -0.931. The number of ether oxygens (including phenoxy) is 1. The fraction of sp³-hybridized carbons (Fsp3) is 0.667. The number of rotatable bonds is 3. The monoisotopic (exact) mass is 412 g/mol. The highest BCUT2D eigenvalue weighted by Crippen LogP contribution is 2.41. The highest BCUT2D eigenvalue weighted by atomic mass is 32.1. The van der Waals surface area contributed by atoms with Gasteiger partial charge in [-0.2, -0.15) is 0 Å². The number of carbonyl (C=O) groups excluding carboxylic acids is 2. The Morgan fingerprint density at radius 2 is 1.79 bits per heavy atom. The molecule has 2 rings (SSSR count). The highest BCUT2D eigenvalue weighted by Gasteiger charge is 2.55. The second kappa shape index (κ2) is 7.32. The fourth-order valence-electron chi connectivity index (χ4n) is 3.43. The van der Waals surface area contributed by atoms with Gasteiger partial charge in [0.2, 0.25) is 0 Å². The summed E-state index contributed by atoms with van der Waals surface area (Å²) in [6, 6.07) is -1.35. The van der Waals surface area contributed by atoms with Crippen molar-refractivity contribution < 1.29 is 24.2 Å². The van der Waals surface area contributed by atoms with Crippen molar-refractivity contribution in [2.75, 3.05) is 6.54 Å². The van der Waals surface area contributed by atoms with Gasteiger partial charge in [0.15, 0.2) is 5.70 Å². The average Bonchev–Trinajstić information content (AvgIpc) is 2.90. The number of carboxylic acid groups (broad SMARTS) is 1. The van der Waals surface area contributed by atoms with Crippen molar-refractivity contribution in [1.29, 1.82) is 0 Å². The van der Waals surface area contributed by atoms with Crippen LogP contribution in [0.3, 0.4) is 0 Å². The van der Waals surface area contributed by atoms with Crippen molar-refractivity contribution in [3.8, 4) is 0 Å². The van der Waals surface area contributed by atoms with Crippen molar-refractivity contribution in [2.24, 2.45) is 5.41 Å². The number of nitrogens with zero attached hydrogens (tertiary/aromatic N) is 2. The lowest BCUT2D eigenvalue weighted by molar-refractivity contribution is -0.145. The van der Waals surface area contributed by atoms with Gasteiger partial charge in [-0.3, -0.25) is 4.79 Å². The number of aliphatic carboxylic acids is 1. The highest BCUT2D eigenvalue weighted by molar-refractivity contribution is 7.80. The lowest BCUT2D eigenvalue weighted by Gasteiger charge is -2.36. The number of hydrogen-bond donors (Lipinski definition) is 3. The standard InChI is InChI=1S/C18H28N4O5S/c1-9(28)19-11-12(15(24)25)22-14(23)10(20-16(26)27-18(5,6)7)8-21(22)13(11)17(2,3)4/h10,13H,8H2,1-7H3,(H,19,28)(H,20,26)(H,24,25)/t10-,13?/m0/s1. The molecule has 9 nitrogen and oxygen atoms in total. The van der Waals surface area contributed by atoms with Crippen LogP contribution >= 0.6 is 12.2 Å². The maximum atomic E-state index is 13.0. The quantitative estimate of drug-likeness (QED) is 0.600. The van der Waals surface area contributed by atoms with Gasteiger partial charge in [-0.1, -0.05) is 33.0 Å². The first-order valence-electron chi connectivity index (χ1n) is 8.98. The molecule has 2 atom stereocenters. The Morgan fingerprint density at radius 3 is 2.21 bits per heavy atom. The predicted octanol–water partition coefficient (Wildman–Crippen LogP) is 1.60. The van der Waals surface area contributed by atoms with Gasteiger partial charge < -0.3 is 20.5 Å². The summed E-state index contributed by atoms with van der Waals surface area (Å²) < 4.78 is 5.22. The summed E-state index contributed by atoms with van der Waals surface area (Å²) >= 11 is 5.11. The smallest absolute Gasteiger partial charge is 0.408 e. The molecule has 0 aromatic rings. The van der Waals surface area contributed by atoms with E-state index in [9.17, 15) is 19.5 Å². The molecule has 10 heteroatoms. The summed E-state index contributed by atoms with van der Waals surface area (Å²) in [6.07, 6.45) is -0.727. The molecule has 1 fully saturated rings. The predicted molar refractivity (Wildman–Crippen MR) is 106 cm³/mol. The second-order valence-corrected chi connectivity index (χ2v) is 9.60. The molecule has 0 aromatic carbocycles. The molecule has 2 amide bonds. The second-order valence-electron chi connectivity index (χ2n) is 8.99. The average molecular weight is 413 g/mol. The van der Waals surface area contributed by atoms with Crippen molar-refractivity contribution in [1.82, 2.24) is 20.7 Å². The van der Waals surface area contributed by atoms with Gasteiger partial charge in [0.1, 0.15) is 11.6 Å². The normalized spacial score (nSPS) is 23.0. The number of carbonyl (C=O) groups is 3. The van der Waals surface area contributed by atoms with E-state index in [1.54, 1.807) is 32.7 Å². The first-order chi connectivity index (χ1) is 12.6. The SMILES string of the molecule is CC(=S)NC1=C(C(=O)O)N2C(=O)[C@@H](NC(=O)OC(C)(C)C)CN2C1C(C)(C)C. The number of amides is 2. The number of hydrazine groups is 1. The zero-order chi connectivity index (χ0) is 21.6. The van der Waals surface area contributed by atoms with E-state index in [1.165, 1.54) is 0 Å². The van der Waals surface area contributed by atoms with Crippen LogP contribution < -0.4 is 10.6 Å². The maximum absolute atomic E-state index is 13.0. The van der Waals surface area contributed by atoms with Crippen LogP contribution in [0.2, 0.25) is 0 Å². The fourth-order valence-corrected chi connectivity index (χ4v) is 3.54. The van der Waals surface area contributed by atoms with Crippen LogP contribution in [-0.4, -0.2) is 62.3 Å². The number of nitrogens with one attached hydrogen (secondary N) is 2. The zero-order valence-electron chi connectivity index (χ0n) is 17.2. The van der Waals surface area contributed by atoms with Gasteiger partial charge in [-0.05, 0) is 33.1 Å². The third-order valence-electron chi connectivity index (χ3n) is 4.20. The summed E-state index contributed by atoms with van der Waals surface area (Å²) in [6.45, 7) is 12.8. The van der Waals surface area contributed by atoms with E-state index in [1.807, 2.05) is 20.8 Å². The third kappa shape index (κ3) is 4.44. The minimum absolute atomic E-state index is 0.123. The van der Waals surface area contributed by atoms with Gasteiger partial charge >= 0.3 is 12.1 Å². The van der Waals surface area contributed by atoms with Gasteiger partial charge in [-0.25, -0.2) is 19.6 Å². The topological polar surface area (TPSA) is 111 Å². The zero-order valence-corrected chi connectivity index (χ0v) is 18.1. The minimum Gasteiger partial charge on any atom is -0.476 e. The molecular formula is C18H28N4O5S. The third-order valence-corrected chi connectivity index (χ3v) is 4.30. The molecule has 0 spiro atoms. The van der Waals surface area contributed by atoms with Crippen LogP contribution in [0.15, 0.2) is 11.4 Å². The summed E-state index contributed by atoms with van der Waals surface area (Å²) in [5.74, 6) is -1.78. The van der Waals surface area contributed by atoms with Crippen molar-refractivity contribution in [3.05, 3.63) is 11.4 Å². The number of carboxylic acids is 1. The Morgan fingerprint density at radius 1 is 1.21 bits per heavy atom. The van der Waals surface area contributed by atoms with E-state index in [4.69, 9.17) is 17.0 Å². The van der Waals surface area contributed by atoms with Gasteiger partial charge in [-0.15, -0.1) is 0 Å². The number of hydrogen-bond acceptors (Lipinski definition) is 6. The number of thiocarbonyl (C=S) groups is 1. The molecule has 156 valence electrons. The molecule has 28 heavy (non-hydrogen) atoms. The minimum atomic E-state index is -1.25. The lowest BCUT2D eigenvalue weighted by Crippen LogP contribution is -2.48. The molecule has 0 saturated carbocycles. The van der Waals surface area contributed by atoms with Crippen LogP contribution in [0.4, 0.5) is 4.79 Å². The Hall–Kier alpha value is -2.20. The summed E-state index contributed by atoms with van der Waals surface area (Å²) in [5, 5.41) is 18.1. The van der Waals surface area contributed by atoms with E-state index in [0.717, 1.165) is 5.01 Å². The van der Waals surface area contributed by atoms with Gasteiger partial charge in [0, 0.05) is 6.54 Å². The molecule has 1 unspecified atom stereocenters. The molecule has 2 aliphatic heterocycles. The van der Waals surface area contributed by atoms with E-state index >= 15 is 0 Å². The van der Waals surface area contributed by atoms with Gasteiger partial charge in [0.05, 0.1) is 16.7 Å². The van der Waals surface area contributed by atoms with Crippen LogP contribution in [0, 0.1) is 5.41 Å². The Labute approximate surface area is 170 Å². The van der Waals surface area contributed by atoms with E-state index < -0.39 is 41.1 Å². The molecule has 0 aliphatic carbocycles. The van der Waals surface area contributed by atoms with E-state index in [-0.39, 0.29) is 12.2 Å². The lowest BCUT2D eigenvalue weighted by atomic mass is 9.84. The van der Waals surface area contributed by atoms with Crippen LogP contribution in [0.25, 0.3) is 0 Å². The Bertz CT molecular complexity index is 750. The Kier molecular flexibility index (Phi) is 5.78. The first-order valence-corrected chi connectivity index (χ1v) is 9.39. The molecular weight excluding hydrogens is 384 g/mol. The first kappa shape index (κ1) is 22.1. The van der Waals surface area contributed by atoms with Crippen molar-refractivity contribution in [3.63, 3.8) is 0 Å². The maximum Gasteiger partial charge on any atom is 0.408 e. The van der Waals surface area contributed by atoms with Crippen molar-refractivity contribution >= 4 is 35.2 Å². The summed E-state index contributed by atoms with van der Waals surface area (Å²) in [7, 11) is 0.